The molecule has 2 rings (SSSR count). The Morgan fingerprint density at radius 1 is 1.33 bits per heavy atom. The minimum atomic E-state index is 0.513. The number of nitrogens with zero attached hydrogens (tertiary/aromatic N) is 1. The minimum Gasteiger partial charge on any atom is -0.319 e. The molecule has 0 atom stereocenters. The van der Waals surface area contributed by atoms with E-state index in [1.54, 1.807) is 6.08 Å². The molecule has 108 valence electrons. The van der Waals surface area contributed by atoms with Crippen molar-refractivity contribution in [3.8, 4) is 5.69 Å². The van der Waals surface area contributed by atoms with Crippen LogP contribution in [0.25, 0.3) is 11.8 Å². The van der Waals surface area contributed by atoms with Crippen LogP contribution in [0.15, 0.2) is 48.7 Å². The van der Waals surface area contributed by atoms with Gasteiger partial charge in [0.15, 0.2) is 0 Å². The number of aryl methyl sites for hydroxylation is 1. The molecule has 0 unspecified atom stereocenters. The zero-order valence-electron chi connectivity index (χ0n) is 12.3. The molecule has 2 aromatic rings. The largest absolute Gasteiger partial charge is 0.319 e. The van der Waals surface area contributed by atoms with E-state index < -0.39 is 0 Å². The van der Waals surface area contributed by atoms with Crippen LogP contribution < -0.4 is 0 Å². The van der Waals surface area contributed by atoms with Gasteiger partial charge in [0, 0.05) is 28.7 Å². The van der Waals surface area contributed by atoms with E-state index in [2.05, 4.69) is 37.8 Å². The summed E-state index contributed by atoms with van der Waals surface area (Å²) in [5.41, 5.74) is 4.70. The molecule has 0 aliphatic heterocycles. The number of benzene rings is 1. The third-order valence-electron chi connectivity index (χ3n) is 3.56. The molecule has 0 saturated carbocycles. The summed E-state index contributed by atoms with van der Waals surface area (Å²) in [5.74, 6) is 0. The van der Waals surface area contributed by atoms with Crippen LogP contribution in [0, 0.1) is 6.92 Å². The van der Waals surface area contributed by atoms with Crippen LogP contribution in [-0.4, -0.2) is 10.9 Å². The summed E-state index contributed by atoms with van der Waals surface area (Å²) in [4.78, 5) is 10.9. The maximum Gasteiger partial charge on any atom is 0.150 e. The van der Waals surface area contributed by atoms with Gasteiger partial charge in [-0.15, -0.1) is 0 Å². The number of aromatic nitrogens is 1. The van der Waals surface area contributed by atoms with Crippen molar-refractivity contribution in [2.45, 2.75) is 20.3 Å². The first-order valence-corrected chi connectivity index (χ1v) is 7.24. The van der Waals surface area contributed by atoms with Crippen molar-refractivity contribution in [1.29, 1.82) is 0 Å². The lowest BCUT2D eigenvalue weighted by Crippen LogP contribution is -1.95. The van der Waals surface area contributed by atoms with Crippen LogP contribution in [0.3, 0.4) is 0 Å². The molecule has 0 spiro atoms. The van der Waals surface area contributed by atoms with E-state index in [0.717, 1.165) is 29.7 Å². The van der Waals surface area contributed by atoms with Crippen molar-refractivity contribution >= 4 is 24.0 Å². The van der Waals surface area contributed by atoms with Crippen molar-refractivity contribution < 1.29 is 4.79 Å². The van der Waals surface area contributed by atoms with E-state index >= 15 is 0 Å². The van der Waals surface area contributed by atoms with Gasteiger partial charge in [0.2, 0.25) is 0 Å². The van der Waals surface area contributed by atoms with Crippen molar-refractivity contribution in [1.82, 2.24) is 4.57 Å². The van der Waals surface area contributed by atoms with Gasteiger partial charge in [-0.3, -0.25) is 4.79 Å². The Morgan fingerprint density at radius 2 is 2.00 bits per heavy atom. The van der Waals surface area contributed by atoms with Gasteiger partial charge in [0.1, 0.15) is 6.29 Å². The first-order valence-electron chi connectivity index (χ1n) is 6.86. The van der Waals surface area contributed by atoms with Gasteiger partial charge >= 0.3 is 0 Å². The van der Waals surface area contributed by atoms with E-state index in [-0.39, 0.29) is 0 Å². The summed E-state index contributed by atoms with van der Waals surface area (Å²) in [5, 5.41) is 0.619. The summed E-state index contributed by atoms with van der Waals surface area (Å²) >= 11 is 6.30. The van der Waals surface area contributed by atoms with Gasteiger partial charge < -0.3 is 4.57 Å². The SMILES string of the molecule is C=C/C(C=O)=C\c1c(Cl)cn(-c2ccc(CC)cc2)c1C. The first-order chi connectivity index (χ1) is 10.1. The fourth-order valence-electron chi connectivity index (χ4n) is 2.22. The normalized spacial score (nSPS) is 11.5. The van der Waals surface area contributed by atoms with Gasteiger partial charge in [0.25, 0.3) is 0 Å². The smallest absolute Gasteiger partial charge is 0.150 e. The first kappa shape index (κ1) is 15.3. The van der Waals surface area contributed by atoms with Crippen molar-refractivity contribution in [3.05, 3.63) is 70.5 Å². The molecule has 0 saturated heterocycles. The Hall–Kier alpha value is -2.06. The fraction of sp³-hybridized carbons (Fsp3) is 0.167. The van der Waals surface area contributed by atoms with Gasteiger partial charge in [-0.2, -0.15) is 0 Å². The molecular weight excluding hydrogens is 282 g/mol. The molecule has 1 heterocycles. The molecule has 0 radical (unpaired) electrons. The Morgan fingerprint density at radius 3 is 2.52 bits per heavy atom. The maximum absolute atomic E-state index is 10.9. The second-order valence-corrected chi connectivity index (χ2v) is 5.24. The number of carbonyl (C=O) groups excluding carboxylic acids is 1. The number of hydrogen-bond donors (Lipinski definition) is 0. The summed E-state index contributed by atoms with van der Waals surface area (Å²) in [6, 6.07) is 8.37. The zero-order chi connectivity index (χ0) is 15.4. The van der Waals surface area contributed by atoms with Gasteiger partial charge in [-0.05, 0) is 37.1 Å². The van der Waals surface area contributed by atoms with E-state index in [0.29, 0.717) is 10.6 Å². The third-order valence-corrected chi connectivity index (χ3v) is 3.86. The predicted octanol–water partition coefficient (Wildman–Crippen LogP) is 4.77. The highest BCUT2D eigenvalue weighted by molar-refractivity contribution is 6.32. The summed E-state index contributed by atoms with van der Waals surface area (Å²) < 4.78 is 2.03. The van der Waals surface area contributed by atoms with Gasteiger partial charge in [-0.25, -0.2) is 0 Å². The number of aldehydes is 1. The third kappa shape index (κ3) is 3.17. The zero-order valence-corrected chi connectivity index (χ0v) is 13.0. The summed E-state index contributed by atoms with van der Waals surface area (Å²) in [7, 11) is 0. The van der Waals surface area contributed by atoms with E-state index in [1.165, 1.54) is 11.6 Å². The van der Waals surface area contributed by atoms with Gasteiger partial charge in [-0.1, -0.05) is 43.3 Å². The Balaban J connectivity index is 2.49. The Bertz CT molecular complexity index is 683. The molecule has 21 heavy (non-hydrogen) atoms. The summed E-state index contributed by atoms with van der Waals surface area (Å²) in [6.45, 7) is 7.74. The standard InChI is InChI=1S/C18H18ClNO/c1-4-14-6-8-16(9-7-14)20-11-18(19)17(13(20)3)10-15(5-2)12-21/h5-12H,2,4H2,1,3H3/b15-10+. The molecule has 1 aromatic heterocycles. The molecule has 0 fully saturated rings. The van der Waals surface area contributed by atoms with E-state index in [1.807, 2.05) is 17.7 Å². The van der Waals surface area contributed by atoms with E-state index in [9.17, 15) is 4.79 Å². The van der Waals surface area contributed by atoms with Crippen LogP contribution in [0.1, 0.15) is 23.7 Å². The summed E-state index contributed by atoms with van der Waals surface area (Å²) in [6.07, 6.45) is 6.94. The maximum atomic E-state index is 10.9. The minimum absolute atomic E-state index is 0.513. The Kier molecular flexibility index (Phi) is 4.81. The highest BCUT2D eigenvalue weighted by Crippen LogP contribution is 2.27. The van der Waals surface area contributed by atoms with Crippen LogP contribution in [0.2, 0.25) is 5.02 Å². The van der Waals surface area contributed by atoms with Crippen molar-refractivity contribution in [2.24, 2.45) is 0 Å². The molecule has 0 aliphatic rings. The number of hydrogen-bond acceptors (Lipinski definition) is 1. The topological polar surface area (TPSA) is 22.0 Å². The van der Waals surface area contributed by atoms with Gasteiger partial charge in [0.05, 0.1) is 5.02 Å². The number of allylic oxidation sites excluding steroid dienone is 2. The molecule has 0 amide bonds. The molecular formula is C18H18ClNO. The van der Waals surface area contributed by atoms with Crippen molar-refractivity contribution in [3.63, 3.8) is 0 Å². The number of halogens is 1. The predicted molar refractivity (Wildman–Crippen MR) is 89.1 cm³/mol. The van der Waals surface area contributed by atoms with Crippen LogP contribution in [0.4, 0.5) is 0 Å². The van der Waals surface area contributed by atoms with Crippen LogP contribution in [0.5, 0.6) is 0 Å². The lowest BCUT2D eigenvalue weighted by molar-refractivity contribution is -0.104. The number of rotatable bonds is 5. The lowest BCUT2D eigenvalue weighted by atomic mass is 10.1. The lowest BCUT2D eigenvalue weighted by Gasteiger charge is -2.07. The average molecular weight is 300 g/mol. The highest BCUT2D eigenvalue weighted by Gasteiger charge is 2.11. The quantitative estimate of drug-likeness (QED) is 0.443. The van der Waals surface area contributed by atoms with Crippen LogP contribution in [-0.2, 0) is 11.2 Å². The number of carbonyl (C=O) groups is 1. The van der Waals surface area contributed by atoms with Crippen LogP contribution >= 0.6 is 11.6 Å². The monoisotopic (exact) mass is 299 g/mol. The molecule has 0 N–H and O–H groups in total. The molecule has 2 nitrogen and oxygen atoms in total. The molecule has 3 heteroatoms. The van der Waals surface area contributed by atoms with E-state index in [4.69, 9.17) is 11.6 Å². The average Bonchev–Trinajstić information content (AvgIpc) is 2.80. The highest BCUT2D eigenvalue weighted by atomic mass is 35.5. The second kappa shape index (κ2) is 6.59. The van der Waals surface area contributed by atoms with Crippen molar-refractivity contribution in [2.75, 3.05) is 0 Å². The molecule has 1 aromatic carbocycles. The fourth-order valence-corrected chi connectivity index (χ4v) is 2.51. The Labute approximate surface area is 130 Å². The second-order valence-electron chi connectivity index (χ2n) is 4.83. The molecule has 0 aliphatic carbocycles. The molecule has 0 bridgehead atoms.